The van der Waals surface area contributed by atoms with Crippen LogP contribution in [0.25, 0.3) is 0 Å². The first-order chi connectivity index (χ1) is 6.61. The van der Waals surface area contributed by atoms with E-state index in [1.54, 1.807) is 6.92 Å². The van der Waals surface area contributed by atoms with Crippen molar-refractivity contribution >= 4 is 17.5 Å². The van der Waals surface area contributed by atoms with E-state index in [0.29, 0.717) is 6.42 Å². The normalized spacial score (nSPS) is 9.57. The number of unbranched alkanes of at least 4 members (excludes halogenated alkanes) is 1. The predicted molar refractivity (Wildman–Crippen MR) is 50.8 cm³/mol. The Bertz CT molecular complexity index is 220. The lowest BCUT2D eigenvalue weighted by atomic mass is 10.1. The molecule has 14 heavy (non-hydrogen) atoms. The Morgan fingerprint density at radius 2 is 1.79 bits per heavy atom. The second-order valence-corrected chi connectivity index (χ2v) is 2.96. The molecule has 0 aromatic carbocycles. The van der Waals surface area contributed by atoms with E-state index in [9.17, 15) is 14.4 Å². The summed E-state index contributed by atoms with van der Waals surface area (Å²) in [6.45, 7) is 3.73. The molecule has 0 aromatic heterocycles. The van der Waals surface area contributed by atoms with Crippen molar-refractivity contribution in [1.29, 1.82) is 0 Å². The third-order valence-corrected chi connectivity index (χ3v) is 1.67. The molecule has 0 saturated carbocycles. The number of ketones is 2. The third kappa shape index (κ3) is 5.45. The minimum absolute atomic E-state index is 0.160. The van der Waals surface area contributed by atoms with Gasteiger partial charge in [0, 0.05) is 6.42 Å². The van der Waals surface area contributed by atoms with Gasteiger partial charge in [-0.2, -0.15) is 0 Å². The lowest BCUT2D eigenvalue weighted by molar-refractivity contribution is -0.154. The summed E-state index contributed by atoms with van der Waals surface area (Å²) in [5.74, 6) is -1.84. The van der Waals surface area contributed by atoms with Crippen LogP contribution in [0.5, 0.6) is 0 Å². The van der Waals surface area contributed by atoms with Crippen LogP contribution in [0, 0.1) is 0 Å². The van der Waals surface area contributed by atoms with E-state index in [2.05, 4.69) is 4.74 Å². The molecule has 0 aliphatic heterocycles. The highest BCUT2D eigenvalue weighted by Crippen LogP contribution is 2.00. The lowest BCUT2D eigenvalue weighted by Gasteiger charge is -1.99. The number of carbonyl (C=O) groups excluding carboxylic acids is 3. The third-order valence-electron chi connectivity index (χ3n) is 1.67. The molecule has 0 fully saturated rings. The molecule has 0 rings (SSSR count). The zero-order valence-electron chi connectivity index (χ0n) is 8.67. The summed E-state index contributed by atoms with van der Waals surface area (Å²) in [4.78, 5) is 32.9. The molecular weight excluding hydrogens is 184 g/mol. The molecule has 4 heteroatoms. The highest BCUT2D eigenvalue weighted by atomic mass is 16.5. The summed E-state index contributed by atoms with van der Waals surface area (Å²) in [5.41, 5.74) is 0. The second kappa shape index (κ2) is 7.24. The van der Waals surface area contributed by atoms with E-state index in [0.717, 1.165) is 12.8 Å². The molecule has 4 nitrogen and oxygen atoms in total. The molecule has 80 valence electrons. The zero-order chi connectivity index (χ0) is 11.0. The van der Waals surface area contributed by atoms with Crippen LogP contribution in [0.3, 0.4) is 0 Å². The maximum atomic E-state index is 11.1. The number of ether oxygens (including phenoxy) is 1. The van der Waals surface area contributed by atoms with E-state index < -0.39 is 11.8 Å². The van der Waals surface area contributed by atoms with Gasteiger partial charge in [0.1, 0.15) is 5.78 Å². The molecule has 0 atom stereocenters. The zero-order valence-corrected chi connectivity index (χ0v) is 8.67. The minimum Gasteiger partial charge on any atom is -0.460 e. The van der Waals surface area contributed by atoms with Crippen LogP contribution in [0.15, 0.2) is 0 Å². The Kier molecular flexibility index (Phi) is 6.62. The number of hydrogen-bond acceptors (Lipinski definition) is 4. The monoisotopic (exact) mass is 200 g/mol. The number of carbonyl (C=O) groups is 3. The molecule has 0 amide bonds. The lowest BCUT2D eigenvalue weighted by Crippen LogP contribution is -2.20. The summed E-state index contributed by atoms with van der Waals surface area (Å²) >= 11 is 0. The van der Waals surface area contributed by atoms with Gasteiger partial charge in [0.05, 0.1) is 13.0 Å². The fourth-order valence-electron chi connectivity index (χ4n) is 0.925. The van der Waals surface area contributed by atoms with Crippen LogP contribution in [-0.2, 0) is 19.1 Å². The first kappa shape index (κ1) is 12.8. The van der Waals surface area contributed by atoms with Gasteiger partial charge in [0.25, 0.3) is 0 Å². The number of Topliss-reactive ketones (excluding diaryl/α,β-unsaturated/α-hetero) is 2. The second-order valence-electron chi connectivity index (χ2n) is 2.96. The van der Waals surface area contributed by atoms with E-state index in [1.807, 2.05) is 6.92 Å². The van der Waals surface area contributed by atoms with Crippen molar-refractivity contribution in [3.63, 3.8) is 0 Å². The highest BCUT2D eigenvalue weighted by Gasteiger charge is 2.18. The van der Waals surface area contributed by atoms with Crippen LogP contribution in [0.4, 0.5) is 0 Å². The molecular formula is C10H16O4. The topological polar surface area (TPSA) is 60.4 Å². The number of esters is 1. The van der Waals surface area contributed by atoms with Crippen molar-refractivity contribution in [2.24, 2.45) is 0 Å². The Labute approximate surface area is 83.6 Å². The summed E-state index contributed by atoms with van der Waals surface area (Å²) in [6.07, 6.45) is 1.70. The minimum atomic E-state index is -0.905. The Morgan fingerprint density at radius 1 is 1.14 bits per heavy atom. The quantitative estimate of drug-likeness (QED) is 0.353. The number of rotatable bonds is 7. The first-order valence-electron chi connectivity index (χ1n) is 4.83. The predicted octanol–water partition coefficient (Wildman–Crippen LogP) is 1.27. The van der Waals surface area contributed by atoms with Gasteiger partial charge >= 0.3 is 5.97 Å². The first-order valence-corrected chi connectivity index (χ1v) is 4.83. The molecule has 0 heterocycles. The van der Waals surface area contributed by atoms with Gasteiger partial charge in [0.15, 0.2) is 0 Å². The summed E-state index contributed by atoms with van der Waals surface area (Å²) in [7, 11) is 0. The SMILES string of the molecule is CCCCC(=O)CC(=O)C(=O)OCC. The largest absolute Gasteiger partial charge is 0.460 e. The van der Waals surface area contributed by atoms with E-state index in [4.69, 9.17) is 0 Å². The maximum Gasteiger partial charge on any atom is 0.375 e. The van der Waals surface area contributed by atoms with E-state index in [1.165, 1.54) is 0 Å². The molecule has 0 unspecified atom stereocenters. The van der Waals surface area contributed by atoms with Gasteiger partial charge in [-0.1, -0.05) is 13.3 Å². The van der Waals surface area contributed by atoms with Crippen LogP contribution >= 0.6 is 0 Å². The Balaban J connectivity index is 3.81. The molecule has 0 N–H and O–H groups in total. The molecule has 0 aliphatic rings. The van der Waals surface area contributed by atoms with Crippen molar-refractivity contribution in [2.75, 3.05) is 6.61 Å². The average molecular weight is 200 g/mol. The van der Waals surface area contributed by atoms with Gasteiger partial charge in [-0.05, 0) is 13.3 Å². The molecule has 0 spiro atoms. The van der Waals surface area contributed by atoms with E-state index in [-0.39, 0.29) is 18.8 Å². The molecule has 0 aromatic rings. The summed E-state index contributed by atoms with van der Waals surface area (Å²) in [5, 5.41) is 0. The standard InChI is InChI=1S/C10H16O4/c1-3-5-6-8(11)7-9(12)10(13)14-4-2/h3-7H2,1-2H3. The van der Waals surface area contributed by atoms with Crippen LogP contribution in [0.1, 0.15) is 39.5 Å². The average Bonchev–Trinajstić information content (AvgIpc) is 2.15. The fraction of sp³-hybridized carbons (Fsp3) is 0.700. The Morgan fingerprint density at radius 3 is 2.29 bits per heavy atom. The van der Waals surface area contributed by atoms with Crippen LogP contribution < -0.4 is 0 Å². The van der Waals surface area contributed by atoms with Crippen LogP contribution in [-0.4, -0.2) is 24.1 Å². The van der Waals surface area contributed by atoms with Crippen molar-refractivity contribution in [3.8, 4) is 0 Å². The van der Waals surface area contributed by atoms with Gasteiger partial charge in [-0.15, -0.1) is 0 Å². The van der Waals surface area contributed by atoms with Crippen molar-refractivity contribution < 1.29 is 19.1 Å². The van der Waals surface area contributed by atoms with Gasteiger partial charge in [0.2, 0.25) is 5.78 Å². The fourth-order valence-corrected chi connectivity index (χ4v) is 0.925. The van der Waals surface area contributed by atoms with Crippen LogP contribution in [0.2, 0.25) is 0 Å². The van der Waals surface area contributed by atoms with Gasteiger partial charge in [-0.3, -0.25) is 9.59 Å². The molecule has 0 aliphatic carbocycles. The summed E-state index contributed by atoms with van der Waals surface area (Å²) < 4.78 is 4.47. The summed E-state index contributed by atoms with van der Waals surface area (Å²) in [6, 6.07) is 0. The van der Waals surface area contributed by atoms with Crippen molar-refractivity contribution in [3.05, 3.63) is 0 Å². The van der Waals surface area contributed by atoms with Crippen molar-refractivity contribution in [1.82, 2.24) is 0 Å². The van der Waals surface area contributed by atoms with Gasteiger partial charge < -0.3 is 4.74 Å². The van der Waals surface area contributed by atoms with Crippen molar-refractivity contribution in [2.45, 2.75) is 39.5 Å². The number of hydrogen-bond donors (Lipinski definition) is 0. The molecule has 0 bridgehead atoms. The molecule has 0 saturated heterocycles. The Hall–Kier alpha value is -1.19. The molecule has 0 radical (unpaired) electrons. The highest BCUT2D eigenvalue weighted by molar-refractivity contribution is 6.37. The maximum absolute atomic E-state index is 11.1. The van der Waals surface area contributed by atoms with Gasteiger partial charge in [-0.25, -0.2) is 4.79 Å². The smallest absolute Gasteiger partial charge is 0.375 e. The van der Waals surface area contributed by atoms with E-state index >= 15 is 0 Å².